The Kier molecular flexibility index (Phi) is 6.26. The van der Waals surface area contributed by atoms with Crippen LogP contribution >= 0.6 is 0 Å². The Bertz CT molecular complexity index is 716. The Labute approximate surface area is 166 Å². The molecule has 0 aliphatic carbocycles. The predicted molar refractivity (Wildman–Crippen MR) is 106 cm³/mol. The third-order valence-electron chi connectivity index (χ3n) is 5.51. The van der Waals surface area contributed by atoms with Crippen LogP contribution < -0.4 is 4.74 Å². The maximum absolute atomic E-state index is 11.0. The van der Waals surface area contributed by atoms with Gasteiger partial charge in [0, 0.05) is 51.7 Å². The van der Waals surface area contributed by atoms with Crippen molar-refractivity contribution >= 4 is 0 Å². The minimum atomic E-state index is -0.604. The van der Waals surface area contributed by atoms with Gasteiger partial charge in [0.25, 0.3) is 0 Å². The van der Waals surface area contributed by atoms with E-state index in [0.717, 1.165) is 71.2 Å². The number of nitrogens with zero attached hydrogens (tertiary/aromatic N) is 4. The summed E-state index contributed by atoms with van der Waals surface area (Å²) in [5.41, 5.74) is 0.641. The lowest BCUT2D eigenvalue weighted by atomic mass is 10.0. The van der Waals surface area contributed by atoms with E-state index in [1.807, 2.05) is 29.1 Å². The zero-order valence-corrected chi connectivity index (χ0v) is 16.4. The fraction of sp³-hybridized carbons (Fsp3) is 0.571. The molecule has 0 radical (unpaired) electrons. The van der Waals surface area contributed by atoms with E-state index in [-0.39, 0.29) is 0 Å². The van der Waals surface area contributed by atoms with Gasteiger partial charge in [0.1, 0.15) is 12.4 Å². The number of hydrogen-bond acceptors (Lipinski definition) is 6. The lowest BCUT2D eigenvalue weighted by Gasteiger charge is -2.33. The summed E-state index contributed by atoms with van der Waals surface area (Å²) in [4.78, 5) is 4.66. The Morgan fingerprint density at radius 3 is 2.68 bits per heavy atom. The lowest BCUT2D eigenvalue weighted by Crippen LogP contribution is -2.48. The zero-order valence-electron chi connectivity index (χ0n) is 16.4. The van der Waals surface area contributed by atoms with Crippen molar-refractivity contribution in [3.05, 3.63) is 48.3 Å². The monoisotopic (exact) mass is 386 g/mol. The summed E-state index contributed by atoms with van der Waals surface area (Å²) in [5.74, 6) is 0.876. The second-order valence-corrected chi connectivity index (χ2v) is 7.84. The highest BCUT2D eigenvalue weighted by Crippen LogP contribution is 2.25. The molecule has 28 heavy (non-hydrogen) atoms. The van der Waals surface area contributed by atoms with Gasteiger partial charge in [-0.2, -0.15) is 5.10 Å². The predicted octanol–water partition coefficient (Wildman–Crippen LogP) is 1.23. The number of aliphatic hydroxyl groups is 1. The number of β-amino-alcohol motifs (C(OH)–C–C–N with tert-alkyl or cyclic N) is 1. The van der Waals surface area contributed by atoms with Crippen LogP contribution in [0.5, 0.6) is 5.75 Å². The van der Waals surface area contributed by atoms with Crippen LogP contribution in [0.25, 0.3) is 0 Å². The van der Waals surface area contributed by atoms with Gasteiger partial charge in [-0.1, -0.05) is 12.1 Å². The highest BCUT2D eigenvalue weighted by atomic mass is 16.5. The van der Waals surface area contributed by atoms with Gasteiger partial charge in [0.05, 0.1) is 25.4 Å². The van der Waals surface area contributed by atoms with Gasteiger partial charge in [-0.25, -0.2) is 0 Å². The molecular formula is C21H30N4O3. The van der Waals surface area contributed by atoms with Crippen LogP contribution in [0.3, 0.4) is 0 Å². The lowest BCUT2D eigenvalue weighted by molar-refractivity contribution is -0.0266. The van der Waals surface area contributed by atoms with E-state index in [0.29, 0.717) is 6.61 Å². The molecule has 1 aromatic heterocycles. The second kappa shape index (κ2) is 9.05. The molecule has 0 unspecified atom stereocenters. The summed E-state index contributed by atoms with van der Waals surface area (Å²) >= 11 is 0. The van der Waals surface area contributed by atoms with Gasteiger partial charge >= 0.3 is 0 Å². The quantitative estimate of drug-likeness (QED) is 0.736. The number of ether oxygens (including phenoxy) is 2. The summed E-state index contributed by atoms with van der Waals surface area (Å²) < 4.78 is 13.1. The molecule has 7 heteroatoms. The average molecular weight is 386 g/mol. The molecule has 2 aliphatic rings. The fourth-order valence-corrected chi connectivity index (χ4v) is 4.02. The van der Waals surface area contributed by atoms with Crippen LogP contribution in [-0.2, 0) is 17.8 Å². The molecule has 0 spiro atoms. The molecule has 2 aliphatic heterocycles. The van der Waals surface area contributed by atoms with E-state index in [2.05, 4.69) is 27.0 Å². The SMILES string of the molecule is O[C@]1(CN2CCOCC2)CCN(Cc2ccc(OCCn3cccn3)cc2)C1. The summed E-state index contributed by atoms with van der Waals surface area (Å²) in [5, 5.41) is 15.1. The molecule has 1 aromatic carbocycles. The van der Waals surface area contributed by atoms with Crippen LogP contribution in [0.2, 0.25) is 0 Å². The standard InChI is InChI=1S/C21H30N4O3/c26-21(17-23-10-13-27-14-11-23)6-9-24(18-21)16-19-2-4-20(5-3-19)28-15-12-25-8-1-7-22-25/h1-5,7-8,26H,6,9-18H2/t21-/m0/s1. The maximum Gasteiger partial charge on any atom is 0.119 e. The second-order valence-electron chi connectivity index (χ2n) is 7.84. The molecule has 7 nitrogen and oxygen atoms in total. The highest BCUT2D eigenvalue weighted by molar-refractivity contribution is 5.27. The number of benzene rings is 1. The molecule has 152 valence electrons. The first-order valence-electron chi connectivity index (χ1n) is 10.1. The Morgan fingerprint density at radius 2 is 1.93 bits per heavy atom. The number of likely N-dealkylation sites (tertiary alicyclic amines) is 1. The van der Waals surface area contributed by atoms with Crippen LogP contribution in [0.15, 0.2) is 42.7 Å². The largest absolute Gasteiger partial charge is 0.492 e. The van der Waals surface area contributed by atoms with E-state index < -0.39 is 5.60 Å². The van der Waals surface area contributed by atoms with E-state index in [9.17, 15) is 5.11 Å². The molecule has 0 amide bonds. The molecule has 0 saturated carbocycles. The Balaban J connectivity index is 1.22. The number of morpholine rings is 1. The first kappa shape index (κ1) is 19.4. The van der Waals surface area contributed by atoms with Crippen molar-refractivity contribution in [1.29, 1.82) is 0 Å². The normalized spacial score (nSPS) is 23.9. The van der Waals surface area contributed by atoms with E-state index in [1.54, 1.807) is 6.20 Å². The minimum absolute atomic E-state index is 0.599. The van der Waals surface area contributed by atoms with Crippen LogP contribution in [0.1, 0.15) is 12.0 Å². The molecule has 2 fully saturated rings. The van der Waals surface area contributed by atoms with Crippen molar-refractivity contribution < 1.29 is 14.6 Å². The maximum atomic E-state index is 11.0. The van der Waals surface area contributed by atoms with E-state index >= 15 is 0 Å². The van der Waals surface area contributed by atoms with Crippen molar-refractivity contribution in [1.82, 2.24) is 19.6 Å². The number of aromatic nitrogens is 2. The minimum Gasteiger partial charge on any atom is -0.492 e. The molecule has 1 N–H and O–H groups in total. The van der Waals surface area contributed by atoms with Crippen LogP contribution in [0, 0.1) is 0 Å². The van der Waals surface area contributed by atoms with Gasteiger partial charge in [-0.3, -0.25) is 14.5 Å². The van der Waals surface area contributed by atoms with Crippen molar-refractivity contribution in [2.75, 3.05) is 52.5 Å². The zero-order chi connectivity index (χ0) is 19.2. The highest BCUT2D eigenvalue weighted by Gasteiger charge is 2.37. The molecule has 3 heterocycles. The van der Waals surface area contributed by atoms with E-state index in [4.69, 9.17) is 9.47 Å². The van der Waals surface area contributed by atoms with Gasteiger partial charge < -0.3 is 14.6 Å². The third kappa shape index (κ3) is 5.32. The van der Waals surface area contributed by atoms with E-state index in [1.165, 1.54) is 5.56 Å². The van der Waals surface area contributed by atoms with Crippen LogP contribution in [0.4, 0.5) is 0 Å². The fourth-order valence-electron chi connectivity index (χ4n) is 4.02. The molecule has 1 atom stereocenters. The summed E-state index contributed by atoms with van der Waals surface area (Å²) in [6, 6.07) is 10.2. The molecule has 2 saturated heterocycles. The van der Waals surface area contributed by atoms with Gasteiger partial charge in [0.2, 0.25) is 0 Å². The van der Waals surface area contributed by atoms with Crippen molar-refractivity contribution in [2.45, 2.75) is 25.1 Å². The van der Waals surface area contributed by atoms with Crippen molar-refractivity contribution in [3.8, 4) is 5.75 Å². The first-order valence-corrected chi connectivity index (χ1v) is 10.1. The Hall–Kier alpha value is -1.93. The van der Waals surface area contributed by atoms with Gasteiger partial charge in [-0.15, -0.1) is 0 Å². The summed E-state index contributed by atoms with van der Waals surface area (Å²) in [7, 11) is 0. The number of hydrogen-bond donors (Lipinski definition) is 1. The Morgan fingerprint density at radius 1 is 1.11 bits per heavy atom. The van der Waals surface area contributed by atoms with Crippen molar-refractivity contribution in [2.24, 2.45) is 0 Å². The molecular weight excluding hydrogens is 356 g/mol. The molecule has 0 bridgehead atoms. The summed E-state index contributed by atoms with van der Waals surface area (Å²) in [6.45, 7) is 8.00. The molecule has 2 aromatic rings. The van der Waals surface area contributed by atoms with Gasteiger partial charge in [0.15, 0.2) is 0 Å². The third-order valence-corrected chi connectivity index (χ3v) is 5.51. The topological polar surface area (TPSA) is 63.0 Å². The van der Waals surface area contributed by atoms with Gasteiger partial charge in [-0.05, 0) is 30.2 Å². The number of rotatable bonds is 8. The molecule has 4 rings (SSSR count). The average Bonchev–Trinajstić information content (AvgIpc) is 3.34. The van der Waals surface area contributed by atoms with Crippen LogP contribution in [-0.4, -0.2) is 82.8 Å². The summed E-state index contributed by atoms with van der Waals surface area (Å²) in [6.07, 6.45) is 4.54. The first-order chi connectivity index (χ1) is 13.7. The smallest absolute Gasteiger partial charge is 0.119 e. The van der Waals surface area contributed by atoms with Crippen molar-refractivity contribution in [3.63, 3.8) is 0 Å².